The average Bonchev–Trinajstić information content (AvgIpc) is 3.09. The lowest BCUT2D eigenvalue weighted by Crippen LogP contribution is -2.43. The standard InChI is InChI=1S/C17H23N3O3/c1-19(2)10-17(22)6-7-20(11-17)16(21)14-9-18-15-5-4-12(23-3)8-13(14)15/h4-5,8-9,18,22H,6-7,10-11H2,1-3H3/t17-/m1/s1. The highest BCUT2D eigenvalue weighted by Crippen LogP contribution is 2.28. The summed E-state index contributed by atoms with van der Waals surface area (Å²) >= 11 is 0. The summed E-state index contributed by atoms with van der Waals surface area (Å²) in [7, 11) is 5.46. The van der Waals surface area contributed by atoms with Crippen LogP contribution in [0.5, 0.6) is 5.75 Å². The predicted molar refractivity (Wildman–Crippen MR) is 88.9 cm³/mol. The van der Waals surface area contributed by atoms with Gasteiger partial charge in [0.1, 0.15) is 5.75 Å². The Labute approximate surface area is 135 Å². The molecule has 1 saturated heterocycles. The fourth-order valence-electron chi connectivity index (χ4n) is 3.32. The molecule has 6 heteroatoms. The van der Waals surface area contributed by atoms with E-state index >= 15 is 0 Å². The lowest BCUT2D eigenvalue weighted by molar-refractivity contribution is 0.0236. The van der Waals surface area contributed by atoms with Crippen LogP contribution in [0.4, 0.5) is 0 Å². The van der Waals surface area contributed by atoms with E-state index in [1.807, 2.05) is 37.2 Å². The number of aliphatic hydroxyl groups is 1. The third kappa shape index (κ3) is 3.04. The van der Waals surface area contributed by atoms with Gasteiger partial charge in [-0.25, -0.2) is 0 Å². The third-order valence-corrected chi connectivity index (χ3v) is 4.35. The Bertz CT molecular complexity index is 725. The van der Waals surface area contributed by atoms with Crippen molar-refractivity contribution in [1.82, 2.24) is 14.8 Å². The number of likely N-dealkylation sites (tertiary alicyclic amines) is 1. The molecule has 3 rings (SSSR count). The van der Waals surface area contributed by atoms with Crippen LogP contribution in [-0.2, 0) is 0 Å². The summed E-state index contributed by atoms with van der Waals surface area (Å²) in [6, 6.07) is 5.62. The molecule has 1 aliphatic heterocycles. The summed E-state index contributed by atoms with van der Waals surface area (Å²) in [5.41, 5.74) is 0.688. The maximum absolute atomic E-state index is 12.8. The van der Waals surface area contributed by atoms with Crippen LogP contribution in [0.25, 0.3) is 10.9 Å². The number of rotatable bonds is 4. The van der Waals surface area contributed by atoms with Gasteiger partial charge in [0.25, 0.3) is 5.91 Å². The van der Waals surface area contributed by atoms with Crippen molar-refractivity contribution in [2.45, 2.75) is 12.0 Å². The number of ether oxygens (including phenoxy) is 1. The fraction of sp³-hybridized carbons (Fsp3) is 0.471. The Hall–Kier alpha value is -2.05. The molecule has 23 heavy (non-hydrogen) atoms. The highest BCUT2D eigenvalue weighted by Gasteiger charge is 2.39. The van der Waals surface area contributed by atoms with Crippen LogP contribution in [0.15, 0.2) is 24.4 Å². The molecule has 124 valence electrons. The van der Waals surface area contributed by atoms with E-state index in [0.717, 1.165) is 16.7 Å². The molecule has 0 radical (unpaired) electrons. The molecule has 2 N–H and O–H groups in total. The number of nitrogens with zero attached hydrogens (tertiary/aromatic N) is 2. The van der Waals surface area contributed by atoms with E-state index in [0.29, 0.717) is 31.6 Å². The number of aromatic amines is 1. The van der Waals surface area contributed by atoms with E-state index in [1.54, 1.807) is 18.2 Å². The van der Waals surface area contributed by atoms with Crippen LogP contribution in [0, 0.1) is 0 Å². The molecule has 1 aromatic carbocycles. The summed E-state index contributed by atoms with van der Waals surface area (Å²) in [6.07, 6.45) is 2.33. The number of benzene rings is 1. The summed E-state index contributed by atoms with van der Waals surface area (Å²) in [5.74, 6) is 0.663. The number of nitrogens with one attached hydrogen (secondary N) is 1. The minimum atomic E-state index is -0.830. The molecule has 1 fully saturated rings. The number of hydrogen-bond donors (Lipinski definition) is 2. The zero-order chi connectivity index (χ0) is 16.6. The van der Waals surface area contributed by atoms with Gasteiger partial charge in [0.05, 0.1) is 24.8 Å². The van der Waals surface area contributed by atoms with Crippen molar-refractivity contribution in [3.05, 3.63) is 30.0 Å². The second-order valence-corrected chi connectivity index (χ2v) is 6.55. The summed E-state index contributed by atoms with van der Waals surface area (Å²) < 4.78 is 5.24. The van der Waals surface area contributed by atoms with Gasteiger partial charge in [-0.05, 0) is 38.7 Å². The maximum atomic E-state index is 12.8. The van der Waals surface area contributed by atoms with Crippen LogP contribution in [-0.4, -0.2) is 72.2 Å². The fourth-order valence-corrected chi connectivity index (χ4v) is 3.32. The lowest BCUT2D eigenvalue weighted by atomic mass is 10.0. The molecular formula is C17H23N3O3. The summed E-state index contributed by atoms with van der Waals surface area (Å²) in [4.78, 5) is 19.6. The highest BCUT2D eigenvalue weighted by atomic mass is 16.5. The number of likely N-dealkylation sites (N-methyl/N-ethyl adjacent to an activating group) is 1. The van der Waals surface area contributed by atoms with Gasteiger partial charge in [0.15, 0.2) is 0 Å². The molecule has 0 spiro atoms. The number of hydrogen-bond acceptors (Lipinski definition) is 4. The molecule has 0 saturated carbocycles. The van der Waals surface area contributed by atoms with Crippen LogP contribution in [0.1, 0.15) is 16.8 Å². The number of methoxy groups -OCH3 is 1. The van der Waals surface area contributed by atoms with E-state index in [4.69, 9.17) is 4.74 Å². The predicted octanol–water partition coefficient (Wildman–Crippen LogP) is 1.32. The van der Waals surface area contributed by atoms with Crippen molar-refractivity contribution < 1.29 is 14.6 Å². The van der Waals surface area contributed by atoms with Gasteiger partial charge in [-0.15, -0.1) is 0 Å². The van der Waals surface area contributed by atoms with Crippen molar-refractivity contribution >= 4 is 16.8 Å². The zero-order valence-corrected chi connectivity index (χ0v) is 13.8. The molecular weight excluding hydrogens is 294 g/mol. The zero-order valence-electron chi connectivity index (χ0n) is 13.8. The van der Waals surface area contributed by atoms with Crippen molar-refractivity contribution in [3.63, 3.8) is 0 Å². The molecule has 0 aliphatic carbocycles. The first-order valence-electron chi connectivity index (χ1n) is 7.73. The molecule has 2 heterocycles. The first-order chi connectivity index (χ1) is 10.9. The third-order valence-electron chi connectivity index (χ3n) is 4.35. The van der Waals surface area contributed by atoms with Crippen LogP contribution in [0.2, 0.25) is 0 Å². The number of carbonyl (C=O) groups excluding carboxylic acids is 1. The summed E-state index contributed by atoms with van der Waals surface area (Å²) in [6.45, 7) is 1.49. The minimum Gasteiger partial charge on any atom is -0.497 e. The van der Waals surface area contributed by atoms with Gasteiger partial charge in [0.2, 0.25) is 0 Å². The molecule has 1 aliphatic rings. The first-order valence-corrected chi connectivity index (χ1v) is 7.73. The number of amides is 1. The molecule has 6 nitrogen and oxygen atoms in total. The van der Waals surface area contributed by atoms with Crippen molar-refractivity contribution in [1.29, 1.82) is 0 Å². The Kier molecular flexibility index (Phi) is 4.04. The van der Waals surface area contributed by atoms with Gasteiger partial charge in [-0.3, -0.25) is 4.79 Å². The molecule has 1 amide bonds. The largest absolute Gasteiger partial charge is 0.497 e. The monoisotopic (exact) mass is 317 g/mol. The summed E-state index contributed by atoms with van der Waals surface area (Å²) in [5, 5.41) is 11.5. The highest BCUT2D eigenvalue weighted by molar-refractivity contribution is 6.07. The van der Waals surface area contributed by atoms with E-state index in [9.17, 15) is 9.90 Å². The van der Waals surface area contributed by atoms with Gasteiger partial charge >= 0.3 is 0 Å². The number of β-amino-alcohol motifs (C(OH)–C–C–N with tert-alkyl or cyclic N) is 1. The molecule has 1 atom stereocenters. The van der Waals surface area contributed by atoms with Crippen LogP contribution in [0.3, 0.4) is 0 Å². The molecule has 0 bridgehead atoms. The number of H-pyrrole nitrogens is 1. The normalized spacial score (nSPS) is 21.3. The lowest BCUT2D eigenvalue weighted by Gasteiger charge is -2.26. The Balaban J connectivity index is 1.84. The van der Waals surface area contributed by atoms with Gasteiger partial charge in [0, 0.05) is 30.2 Å². The van der Waals surface area contributed by atoms with Crippen molar-refractivity contribution in [2.75, 3.05) is 40.8 Å². The van der Waals surface area contributed by atoms with Gasteiger partial charge in [-0.1, -0.05) is 0 Å². The quantitative estimate of drug-likeness (QED) is 0.892. The molecule has 0 unspecified atom stereocenters. The number of fused-ring (bicyclic) bond motifs is 1. The number of aromatic nitrogens is 1. The van der Waals surface area contributed by atoms with Gasteiger partial charge < -0.3 is 24.6 Å². The van der Waals surface area contributed by atoms with Crippen molar-refractivity contribution in [2.24, 2.45) is 0 Å². The molecule has 1 aromatic heterocycles. The van der Waals surface area contributed by atoms with Crippen LogP contribution < -0.4 is 4.74 Å². The minimum absolute atomic E-state index is 0.0563. The average molecular weight is 317 g/mol. The van der Waals surface area contributed by atoms with Crippen molar-refractivity contribution in [3.8, 4) is 5.75 Å². The van der Waals surface area contributed by atoms with E-state index in [1.165, 1.54) is 0 Å². The second-order valence-electron chi connectivity index (χ2n) is 6.55. The second kappa shape index (κ2) is 5.86. The Morgan fingerprint density at radius 1 is 1.48 bits per heavy atom. The van der Waals surface area contributed by atoms with Gasteiger partial charge in [-0.2, -0.15) is 0 Å². The van der Waals surface area contributed by atoms with Crippen LogP contribution >= 0.6 is 0 Å². The Morgan fingerprint density at radius 3 is 2.96 bits per heavy atom. The first kappa shape index (κ1) is 15.8. The SMILES string of the molecule is COc1ccc2[nH]cc(C(=O)N3CC[C@@](O)(CN(C)C)C3)c2c1. The topological polar surface area (TPSA) is 68.8 Å². The number of carbonyl (C=O) groups is 1. The molecule has 2 aromatic rings. The smallest absolute Gasteiger partial charge is 0.256 e. The Morgan fingerprint density at radius 2 is 2.26 bits per heavy atom. The van der Waals surface area contributed by atoms with E-state index < -0.39 is 5.60 Å². The maximum Gasteiger partial charge on any atom is 0.256 e. The van der Waals surface area contributed by atoms with E-state index in [2.05, 4.69) is 4.98 Å². The van der Waals surface area contributed by atoms with E-state index in [-0.39, 0.29) is 5.91 Å².